The predicted molar refractivity (Wildman–Crippen MR) is 123 cm³/mol. The number of ether oxygens (including phenoxy) is 1. The van der Waals surface area contributed by atoms with E-state index in [9.17, 15) is 18.0 Å². The third-order valence-corrected chi connectivity index (χ3v) is 7.91. The summed E-state index contributed by atoms with van der Waals surface area (Å²) >= 11 is 0. The Hall–Kier alpha value is -1.97. The number of methoxy groups -OCH3 is 1. The topological polar surface area (TPSA) is 87.2 Å². The minimum Gasteiger partial charge on any atom is -0.469 e. The summed E-state index contributed by atoms with van der Waals surface area (Å²) in [5.41, 5.74) is 1.69. The molecule has 178 valence electrons. The number of esters is 1. The van der Waals surface area contributed by atoms with E-state index in [4.69, 9.17) is 4.74 Å². The zero-order valence-corrected chi connectivity index (χ0v) is 20.2. The molecule has 0 unspecified atom stereocenters. The van der Waals surface area contributed by atoms with E-state index in [1.54, 1.807) is 27.4 Å². The van der Waals surface area contributed by atoms with Crippen LogP contribution in [0.3, 0.4) is 0 Å². The molecule has 0 atom stereocenters. The number of carbonyl (C=O) groups excluding carboxylic acids is 2. The van der Waals surface area contributed by atoms with Crippen LogP contribution in [0.1, 0.15) is 45.1 Å². The van der Waals surface area contributed by atoms with Gasteiger partial charge in [0.15, 0.2) is 0 Å². The maximum atomic E-state index is 13.2. The molecule has 2 heterocycles. The lowest BCUT2D eigenvalue weighted by atomic mass is 10.0. The van der Waals surface area contributed by atoms with Crippen molar-refractivity contribution in [2.24, 2.45) is 5.92 Å². The second-order valence-electron chi connectivity index (χ2n) is 9.01. The van der Waals surface area contributed by atoms with Crippen molar-refractivity contribution >= 4 is 27.6 Å². The second kappa shape index (κ2) is 10.8. The zero-order chi connectivity index (χ0) is 23.3. The summed E-state index contributed by atoms with van der Waals surface area (Å²) in [5, 5.41) is 0. The van der Waals surface area contributed by atoms with Crippen molar-refractivity contribution in [3.05, 3.63) is 23.8 Å². The second-order valence-corrected chi connectivity index (χ2v) is 10.9. The molecule has 1 aromatic rings. The first kappa shape index (κ1) is 24.7. The standard InChI is InChI=1S/C23H35N3O5S/c1-18(2)16-24(14-10-23(28)31-3)17-22(27)26-13-6-7-19-15-20(8-9-21(19)26)32(29,30)25-11-4-5-12-25/h8-9,15,18H,4-7,10-14,16-17H2,1-3H3. The van der Waals surface area contributed by atoms with E-state index < -0.39 is 10.0 Å². The van der Waals surface area contributed by atoms with E-state index in [0.29, 0.717) is 43.5 Å². The fourth-order valence-corrected chi connectivity index (χ4v) is 6.02. The zero-order valence-electron chi connectivity index (χ0n) is 19.4. The fraction of sp³-hybridized carbons (Fsp3) is 0.652. The summed E-state index contributed by atoms with van der Waals surface area (Å²) in [6.07, 6.45) is 3.58. The molecule has 0 bridgehead atoms. The van der Waals surface area contributed by atoms with Gasteiger partial charge in [0, 0.05) is 38.4 Å². The van der Waals surface area contributed by atoms with E-state index >= 15 is 0 Å². The van der Waals surface area contributed by atoms with Gasteiger partial charge in [-0.1, -0.05) is 13.8 Å². The molecule has 0 N–H and O–H groups in total. The van der Waals surface area contributed by atoms with Crippen molar-refractivity contribution in [3.63, 3.8) is 0 Å². The van der Waals surface area contributed by atoms with Gasteiger partial charge < -0.3 is 9.64 Å². The molecule has 0 aliphatic carbocycles. The van der Waals surface area contributed by atoms with Crippen LogP contribution in [-0.4, -0.2) is 75.9 Å². The first-order valence-electron chi connectivity index (χ1n) is 11.4. The van der Waals surface area contributed by atoms with Crippen LogP contribution in [0.5, 0.6) is 0 Å². The minimum absolute atomic E-state index is 0.0355. The SMILES string of the molecule is COC(=O)CCN(CC(=O)N1CCCc2cc(S(=O)(=O)N3CCCC3)ccc21)CC(C)C. The molecule has 1 amide bonds. The Balaban J connectivity index is 1.75. The molecule has 1 fully saturated rings. The number of carbonyl (C=O) groups is 2. The van der Waals surface area contributed by atoms with E-state index in [1.165, 1.54) is 7.11 Å². The van der Waals surface area contributed by atoms with Gasteiger partial charge in [0.1, 0.15) is 0 Å². The van der Waals surface area contributed by atoms with Gasteiger partial charge in [0.2, 0.25) is 15.9 Å². The summed E-state index contributed by atoms with van der Waals surface area (Å²) in [4.78, 5) is 28.8. The van der Waals surface area contributed by atoms with E-state index in [2.05, 4.69) is 13.8 Å². The van der Waals surface area contributed by atoms with Crippen LogP contribution in [0.2, 0.25) is 0 Å². The number of sulfonamides is 1. The van der Waals surface area contributed by atoms with Crippen molar-refractivity contribution < 1.29 is 22.7 Å². The Kier molecular flexibility index (Phi) is 8.30. The van der Waals surface area contributed by atoms with Gasteiger partial charge >= 0.3 is 5.97 Å². The lowest BCUT2D eigenvalue weighted by Crippen LogP contribution is -2.44. The normalized spacial score (nSPS) is 17.1. The highest BCUT2D eigenvalue weighted by Crippen LogP contribution is 2.31. The molecule has 1 saturated heterocycles. The van der Waals surface area contributed by atoms with Gasteiger partial charge in [-0.3, -0.25) is 14.5 Å². The van der Waals surface area contributed by atoms with E-state index in [1.807, 2.05) is 4.90 Å². The summed E-state index contributed by atoms with van der Waals surface area (Å²) in [7, 11) is -2.12. The molecule has 3 rings (SSSR count). The van der Waals surface area contributed by atoms with E-state index in [0.717, 1.165) is 36.9 Å². The maximum Gasteiger partial charge on any atom is 0.306 e. The summed E-state index contributed by atoms with van der Waals surface area (Å²) in [5.74, 6) is 0.0281. The number of rotatable bonds is 9. The Morgan fingerprint density at radius 2 is 1.84 bits per heavy atom. The van der Waals surface area contributed by atoms with Gasteiger partial charge in [-0.15, -0.1) is 0 Å². The average molecular weight is 466 g/mol. The number of hydrogen-bond donors (Lipinski definition) is 0. The van der Waals surface area contributed by atoms with Crippen molar-refractivity contribution in [1.82, 2.24) is 9.21 Å². The average Bonchev–Trinajstić information content (AvgIpc) is 3.31. The smallest absolute Gasteiger partial charge is 0.306 e. The lowest BCUT2D eigenvalue weighted by Gasteiger charge is -2.32. The third kappa shape index (κ3) is 5.88. The highest BCUT2D eigenvalue weighted by atomic mass is 32.2. The number of benzene rings is 1. The Bertz CT molecular complexity index is 926. The third-order valence-electron chi connectivity index (χ3n) is 6.02. The van der Waals surface area contributed by atoms with Crippen molar-refractivity contribution in [2.75, 3.05) is 51.3 Å². The molecule has 0 spiro atoms. The molecule has 2 aliphatic heterocycles. The van der Waals surface area contributed by atoms with Crippen LogP contribution in [-0.2, 0) is 30.8 Å². The largest absolute Gasteiger partial charge is 0.469 e. The van der Waals surface area contributed by atoms with Crippen LogP contribution in [0.25, 0.3) is 0 Å². The molecule has 0 saturated carbocycles. The monoisotopic (exact) mass is 465 g/mol. The summed E-state index contributed by atoms with van der Waals surface area (Å²) < 4.78 is 32.2. The quantitative estimate of drug-likeness (QED) is 0.520. The van der Waals surface area contributed by atoms with Gasteiger partial charge in [0.05, 0.1) is 25.0 Å². The van der Waals surface area contributed by atoms with E-state index in [-0.39, 0.29) is 24.8 Å². The highest BCUT2D eigenvalue weighted by Gasteiger charge is 2.30. The first-order chi connectivity index (χ1) is 15.2. The Labute approximate surface area is 191 Å². The van der Waals surface area contributed by atoms with Gasteiger partial charge in [0.25, 0.3) is 0 Å². The molecular formula is C23H35N3O5S. The molecule has 2 aliphatic rings. The fourth-order valence-electron chi connectivity index (χ4n) is 4.45. The summed E-state index contributed by atoms with van der Waals surface area (Å²) in [6.45, 7) is 7.28. The van der Waals surface area contributed by atoms with Crippen LogP contribution >= 0.6 is 0 Å². The highest BCUT2D eigenvalue weighted by molar-refractivity contribution is 7.89. The molecule has 8 nitrogen and oxygen atoms in total. The van der Waals surface area contributed by atoms with Crippen LogP contribution in [0.15, 0.2) is 23.1 Å². The van der Waals surface area contributed by atoms with Crippen LogP contribution < -0.4 is 4.90 Å². The van der Waals surface area contributed by atoms with Gasteiger partial charge in [-0.2, -0.15) is 4.31 Å². The summed E-state index contributed by atoms with van der Waals surface area (Å²) in [6, 6.07) is 5.14. The first-order valence-corrected chi connectivity index (χ1v) is 12.9. The number of nitrogens with zero attached hydrogens (tertiary/aromatic N) is 3. The minimum atomic E-state index is -3.48. The molecule has 32 heavy (non-hydrogen) atoms. The molecule has 1 aromatic carbocycles. The Morgan fingerprint density at radius 1 is 1.12 bits per heavy atom. The number of amides is 1. The van der Waals surface area contributed by atoms with Crippen molar-refractivity contribution in [2.45, 2.75) is 50.8 Å². The predicted octanol–water partition coefficient (Wildman–Crippen LogP) is 2.27. The molecule has 9 heteroatoms. The van der Waals surface area contributed by atoms with Crippen LogP contribution in [0.4, 0.5) is 5.69 Å². The van der Waals surface area contributed by atoms with Crippen molar-refractivity contribution in [1.29, 1.82) is 0 Å². The van der Waals surface area contributed by atoms with Gasteiger partial charge in [-0.05, 0) is 55.4 Å². The van der Waals surface area contributed by atoms with Gasteiger partial charge in [-0.25, -0.2) is 8.42 Å². The van der Waals surface area contributed by atoms with Crippen LogP contribution in [0, 0.1) is 5.92 Å². The number of hydrogen-bond acceptors (Lipinski definition) is 6. The number of anilines is 1. The lowest BCUT2D eigenvalue weighted by molar-refractivity contribution is -0.141. The maximum absolute atomic E-state index is 13.2. The molecule has 0 aromatic heterocycles. The van der Waals surface area contributed by atoms with Crippen molar-refractivity contribution in [3.8, 4) is 0 Å². The number of fused-ring (bicyclic) bond motifs is 1. The number of aryl methyl sites for hydroxylation is 1. The molecular weight excluding hydrogens is 430 g/mol. The Morgan fingerprint density at radius 3 is 2.50 bits per heavy atom. The molecule has 0 radical (unpaired) electrons.